The fourth-order valence-electron chi connectivity index (χ4n) is 2.52. The Hall–Kier alpha value is -2.96. The van der Waals surface area contributed by atoms with Crippen LogP contribution in [-0.2, 0) is 16.1 Å². The first-order valence-corrected chi connectivity index (χ1v) is 9.26. The lowest BCUT2D eigenvalue weighted by molar-refractivity contribution is -0.151. The van der Waals surface area contributed by atoms with Gasteiger partial charge in [-0.25, -0.2) is 4.79 Å². The lowest BCUT2D eigenvalue weighted by Gasteiger charge is -2.18. The maximum Gasteiger partial charge on any atom is 0.347 e. The first-order chi connectivity index (χ1) is 13.5. The minimum absolute atomic E-state index is 0.146. The van der Waals surface area contributed by atoms with E-state index in [2.05, 4.69) is 0 Å². The molecule has 0 radical (unpaired) electrons. The molecule has 0 bridgehead atoms. The fraction of sp³-hybridized carbons (Fsp3) is 0.429. The highest BCUT2D eigenvalue weighted by atomic mass is 16.6. The second-order valence-corrected chi connectivity index (χ2v) is 6.24. The predicted octanol–water partition coefficient (Wildman–Crippen LogP) is 2.96. The summed E-state index contributed by atoms with van der Waals surface area (Å²) in [4.78, 5) is 24.1. The van der Waals surface area contributed by atoms with E-state index in [9.17, 15) is 9.59 Å². The summed E-state index contributed by atoms with van der Waals surface area (Å²) in [5.41, 5.74) is 0.348. The molecule has 28 heavy (non-hydrogen) atoms. The Balaban J connectivity index is 2.00. The molecule has 0 aliphatic rings. The molecule has 1 atom stereocenters. The zero-order valence-electron chi connectivity index (χ0n) is 16.8. The van der Waals surface area contributed by atoms with Crippen molar-refractivity contribution in [3.8, 4) is 17.2 Å². The Kier molecular flexibility index (Phi) is 7.92. The molecule has 0 fully saturated rings. The molecule has 2 aromatic rings. The second-order valence-electron chi connectivity index (χ2n) is 6.24. The van der Waals surface area contributed by atoms with Crippen molar-refractivity contribution in [2.24, 2.45) is 0 Å². The number of ether oxygens (including phenoxy) is 4. The van der Waals surface area contributed by atoms with Gasteiger partial charge in [0.1, 0.15) is 18.1 Å². The van der Waals surface area contributed by atoms with Gasteiger partial charge in [-0.1, -0.05) is 6.92 Å². The van der Waals surface area contributed by atoms with Crippen LogP contribution in [0.2, 0.25) is 0 Å². The number of hydrogen-bond donors (Lipinski definition) is 0. The molecule has 0 spiro atoms. The molecular formula is C21H27NO6. The quantitative estimate of drug-likeness (QED) is 0.582. The van der Waals surface area contributed by atoms with Gasteiger partial charge >= 0.3 is 5.97 Å². The number of carbonyl (C=O) groups is 1. The Bertz CT molecular complexity index is 828. The topological polar surface area (TPSA) is 76.0 Å². The van der Waals surface area contributed by atoms with Crippen molar-refractivity contribution >= 4 is 5.97 Å². The summed E-state index contributed by atoms with van der Waals surface area (Å²) in [6.45, 7) is 6.50. The highest BCUT2D eigenvalue weighted by molar-refractivity contribution is 5.74. The molecule has 7 heteroatoms. The van der Waals surface area contributed by atoms with Crippen LogP contribution in [-0.4, -0.2) is 37.0 Å². The molecule has 1 aromatic heterocycles. The van der Waals surface area contributed by atoms with Crippen molar-refractivity contribution in [1.82, 2.24) is 4.57 Å². The van der Waals surface area contributed by atoms with Crippen molar-refractivity contribution < 1.29 is 23.7 Å². The van der Waals surface area contributed by atoms with Gasteiger partial charge in [0.25, 0.3) is 0 Å². The number of pyridine rings is 1. The number of hydrogen-bond acceptors (Lipinski definition) is 6. The summed E-state index contributed by atoms with van der Waals surface area (Å²) in [5, 5.41) is 0. The van der Waals surface area contributed by atoms with Gasteiger partial charge in [-0.3, -0.25) is 4.79 Å². The maximum atomic E-state index is 12.2. The summed E-state index contributed by atoms with van der Waals surface area (Å²) in [6, 6.07) is 8.72. The molecule has 1 aromatic carbocycles. The van der Waals surface area contributed by atoms with E-state index in [1.54, 1.807) is 27.2 Å². The van der Waals surface area contributed by atoms with E-state index in [0.717, 1.165) is 17.9 Å². The minimum Gasteiger partial charge on any atom is -0.497 e. The average molecular weight is 389 g/mol. The van der Waals surface area contributed by atoms with Crippen LogP contribution in [0.4, 0.5) is 0 Å². The smallest absolute Gasteiger partial charge is 0.347 e. The number of methoxy groups -OCH3 is 1. The molecule has 152 valence electrons. The van der Waals surface area contributed by atoms with E-state index in [1.165, 1.54) is 6.07 Å². The highest BCUT2D eigenvalue weighted by Crippen LogP contribution is 2.18. The standard InChI is InChI=1S/C21H27NO6/c1-5-13-27-21(24)16(3)28-20-15(2)22(11-10-19(20)23)12-14-26-18-8-6-17(25-4)7-9-18/h6-11,16H,5,12-14H2,1-4H3. The van der Waals surface area contributed by atoms with Crippen LogP contribution in [0.15, 0.2) is 41.3 Å². The summed E-state index contributed by atoms with van der Waals surface area (Å²) >= 11 is 0. The van der Waals surface area contributed by atoms with Crippen LogP contribution in [0.25, 0.3) is 0 Å². The lowest BCUT2D eigenvalue weighted by Crippen LogP contribution is -2.29. The van der Waals surface area contributed by atoms with Gasteiger partial charge in [-0.05, 0) is 44.5 Å². The highest BCUT2D eigenvalue weighted by Gasteiger charge is 2.19. The van der Waals surface area contributed by atoms with Gasteiger partial charge in [0.05, 0.1) is 26.0 Å². The normalized spacial score (nSPS) is 11.6. The second kappa shape index (κ2) is 10.4. The zero-order chi connectivity index (χ0) is 20.5. The number of esters is 1. The molecule has 1 heterocycles. The molecule has 0 aliphatic heterocycles. The van der Waals surface area contributed by atoms with Gasteiger partial charge in [0.15, 0.2) is 11.9 Å². The molecule has 0 aliphatic carbocycles. The Morgan fingerprint density at radius 1 is 1.11 bits per heavy atom. The third-order valence-corrected chi connectivity index (χ3v) is 4.12. The van der Waals surface area contributed by atoms with E-state index in [4.69, 9.17) is 18.9 Å². The molecule has 2 rings (SSSR count). The van der Waals surface area contributed by atoms with E-state index in [-0.39, 0.29) is 11.2 Å². The number of benzene rings is 1. The van der Waals surface area contributed by atoms with Gasteiger partial charge in [-0.2, -0.15) is 0 Å². The molecule has 0 saturated heterocycles. The van der Waals surface area contributed by atoms with Crippen LogP contribution >= 0.6 is 0 Å². The zero-order valence-corrected chi connectivity index (χ0v) is 16.8. The van der Waals surface area contributed by atoms with Crippen LogP contribution in [0.1, 0.15) is 26.0 Å². The third kappa shape index (κ3) is 5.77. The summed E-state index contributed by atoms with van der Waals surface area (Å²) in [6.07, 6.45) is 1.55. The monoisotopic (exact) mass is 389 g/mol. The SMILES string of the molecule is CCCOC(=O)C(C)Oc1c(C)n(CCOc2ccc(OC)cc2)ccc1=O. The van der Waals surface area contributed by atoms with E-state index < -0.39 is 12.1 Å². The van der Waals surface area contributed by atoms with Gasteiger partial charge in [0, 0.05) is 12.3 Å². The number of carbonyl (C=O) groups excluding carboxylic acids is 1. The summed E-state index contributed by atoms with van der Waals surface area (Å²) in [7, 11) is 1.61. The first-order valence-electron chi connectivity index (χ1n) is 9.26. The maximum absolute atomic E-state index is 12.2. The van der Waals surface area contributed by atoms with E-state index >= 15 is 0 Å². The molecule has 0 saturated carbocycles. The Labute approximate surface area is 164 Å². The van der Waals surface area contributed by atoms with Crippen molar-refractivity contribution in [3.63, 3.8) is 0 Å². The molecule has 0 amide bonds. The van der Waals surface area contributed by atoms with Crippen LogP contribution in [0.5, 0.6) is 17.2 Å². The predicted molar refractivity (Wildman–Crippen MR) is 105 cm³/mol. The largest absolute Gasteiger partial charge is 0.497 e. The molecular weight excluding hydrogens is 362 g/mol. The van der Waals surface area contributed by atoms with Gasteiger partial charge in [0.2, 0.25) is 5.43 Å². The molecule has 0 N–H and O–H groups in total. The number of aromatic nitrogens is 1. The van der Waals surface area contributed by atoms with Crippen molar-refractivity contribution in [3.05, 3.63) is 52.4 Å². The molecule has 7 nitrogen and oxygen atoms in total. The first kappa shape index (κ1) is 21.3. The van der Waals surface area contributed by atoms with Gasteiger partial charge in [-0.15, -0.1) is 0 Å². The van der Waals surface area contributed by atoms with E-state index in [0.29, 0.717) is 25.5 Å². The van der Waals surface area contributed by atoms with E-state index in [1.807, 2.05) is 35.8 Å². The van der Waals surface area contributed by atoms with Gasteiger partial charge < -0.3 is 23.5 Å². The van der Waals surface area contributed by atoms with Crippen LogP contribution < -0.4 is 19.6 Å². The van der Waals surface area contributed by atoms with Crippen molar-refractivity contribution in [1.29, 1.82) is 0 Å². The Morgan fingerprint density at radius 3 is 2.43 bits per heavy atom. The third-order valence-electron chi connectivity index (χ3n) is 4.12. The molecule has 1 unspecified atom stereocenters. The van der Waals surface area contributed by atoms with Crippen LogP contribution in [0, 0.1) is 6.92 Å². The average Bonchev–Trinajstić information content (AvgIpc) is 2.71. The summed E-state index contributed by atoms with van der Waals surface area (Å²) < 4.78 is 23.4. The lowest BCUT2D eigenvalue weighted by atomic mass is 10.3. The minimum atomic E-state index is -0.857. The van der Waals surface area contributed by atoms with Crippen molar-refractivity contribution in [2.75, 3.05) is 20.3 Å². The summed E-state index contributed by atoms with van der Waals surface area (Å²) in [5.74, 6) is 1.15. The number of rotatable bonds is 10. The number of nitrogens with zero attached hydrogens (tertiary/aromatic N) is 1. The van der Waals surface area contributed by atoms with Crippen molar-refractivity contribution in [2.45, 2.75) is 39.8 Å². The Morgan fingerprint density at radius 2 is 1.79 bits per heavy atom. The fourth-order valence-corrected chi connectivity index (χ4v) is 2.52. The van der Waals surface area contributed by atoms with Crippen LogP contribution in [0.3, 0.4) is 0 Å².